The maximum Gasteiger partial charge on any atom is 0.135 e. The van der Waals surface area contributed by atoms with Gasteiger partial charge in [0.1, 0.15) is 11.5 Å². The van der Waals surface area contributed by atoms with Crippen molar-refractivity contribution in [3.63, 3.8) is 0 Å². The second-order valence-corrected chi connectivity index (χ2v) is 17.9. The average molecular weight is 701 g/mol. The molecule has 0 unspecified atom stereocenters. The minimum atomic E-state index is -0.0666. The number of hydrogen-bond donors (Lipinski definition) is 2. The van der Waals surface area contributed by atoms with E-state index in [0.29, 0.717) is 33.1 Å². The van der Waals surface area contributed by atoms with Crippen LogP contribution in [0.4, 0.5) is 0 Å². The summed E-state index contributed by atoms with van der Waals surface area (Å²) >= 11 is 3.96. The zero-order valence-corrected chi connectivity index (χ0v) is 32.2. The van der Waals surface area contributed by atoms with Crippen LogP contribution in [-0.4, -0.2) is 20.7 Å². The van der Waals surface area contributed by atoms with Gasteiger partial charge in [-0.1, -0.05) is 139 Å². The Labute approximate surface area is 309 Å². The minimum absolute atomic E-state index is 0.0666. The van der Waals surface area contributed by atoms with Crippen LogP contribution in [0, 0.1) is 23.7 Å². The molecule has 2 N–H and O–H groups in total. The molecule has 1 aliphatic rings. The van der Waals surface area contributed by atoms with Gasteiger partial charge < -0.3 is 10.2 Å². The molecule has 0 heterocycles. The van der Waals surface area contributed by atoms with E-state index in [1.807, 2.05) is 84.2 Å². The fraction of sp³-hybridized carbons (Fsp3) is 0.391. The largest absolute Gasteiger partial charge is 0.506 e. The van der Waals surface area contributed by atoms with Crippen molar-refractivity contribution in [2.24, 2.45) is 0 Å². The first-order chi connectivity index (χ1) is 23.9. The molecule has 0 aliphatic heterocycles. The SMILES string of the molecule is CC(C)(C)c1cc(C#Cc2ccccc2)c(O)c(CS[C@H]2CCCCCC[C@@H]2SCc2cc(C(C)(C)C)cc(C#Cc3ccccc3)c2O)c1. The van der Waals surface area contributed by atoms with Crippen molar-refractivity contribution in [1.82, 2.24) is 0 Å². The fourth-order valence-corrected chi connectivity index (χ4v) is 9.25. The van der Waals surface area contributed by atoms with E-state index in [2.05, 4.69) is 89.5 Å². The molecule has 2 nitrogen and oxygen atoms in total. The van der Waals surface area contributed by atoms with Crippen molar-refractivity contribution in [2.75, 3.05) is 0 Å². The van der Waals surface area contributed by atoms with Crippen LogP contribution >= 0.6 is 23.5 Å². The van der Waals surface area contributed by atoms with E-state index in [4.69, 9.17) is 0 Å². The van der Waals surface area contributed by atoms with Gasteiger partial charge in [0.2, 0.25) is 0 Å². The molecule has 0 saturated heterocycles. The summed E-state index contributed by atoms with van der Waals surface area (Å²) in [5.41, 5.74) is 7.43. The Morgan fingerprint density at radius 3 is 1.28 bits per heavy atom. The lowest BCUT2D eigenvalue weighted by Gasteiger charge is -2.29. The summed E-state index contributed by atoms with van der Waals surface area (Å²) < 4.78 is 0. The van der Waals surface area contributed by atoms with E-state index < -0.39 is 0 Å². The van der Waals surface area contributed by atoms with Crippen molar-refractivity contribution in [1.29, 1.82) is 0 Å². The van der Waals surface area contributed by atoms with Crippen molar-refractivity contribution in [3.8, 4) is 35.2 Å². The van der Waals surface area contributed by atoms with Gasteiger partial charge in [0.05, 0.1) is 11.1 Å². The summed E-state index contributed by atoms with van der Waals surface area (Å²) in [5, 5.41) is 23.9. The fourth-order valence-electron chi connectivity index (χ4n) is 6.18. The van der Waals surface area contributed by atoms with Crippen LogP contribution in [-0.2, 0) is 22.3 Å². The number of rotatable bonds is 6. The quantitative estimate of drug-likeness (QED) is 0.196. The first kappa shape index (κ1) is 37.6. The van der Waals surface area contributed by atoms with E-state index in [0.717, 1.165) is 46.6 Å². The van der Waals surface area contributed by atoms with Gasteiger partial charge in [0.25, 0.3) is 0 Å². The summed E-state index contributed by atoms with van der Waals surface area (Å²) in [6, 6.07) is 28.4. The third kappa shape index (κ3) is 10.4. The van der Waals surface area contributed by atoms with Gasteiger partial charge in [-0.15, -0.1) is 0 Å². The molecule has 4 aromatic carbocycles. The lowest BCUT2D eigenvalue weighted by atomic mass is 9.85. The third-order valence-electron chi connectivity index (χ3n) is 9.39. The molecule has 0 spiro atoms. The van der Waals surface area contributed by atoms with Crippen LogP contribution in [0.15, 0.2) is 84.9 Å². The summed E-state index contributed by atoms with van der Waals surface area (Å²) in [6.45, 7) is 13.3. The van der Waals surface area contributed by atoms with Gasteiger partial charge in [-0.2, -0.15) is 23.5 Å². The van der Waals surface area contributed by atoms with Gasteiger partial charge >= 0.3 is 0 Å². The molecule has 1 saturated carbocycles. The van der Waals surface area contributed by atoms with E-state index in [1.54, 1.807) is 0 Å². The van der Waals surface area contributed by atoms with Crippen LogP contribution in [0.2, 0.25) is 0 Å². The van der Waals surface area contributed by atoms with Crippen molar-refractivity contribution >= 4 is 23.5 Å². The molecule has 0 bridgehead atoms. The highest BCUT2D eigenvalue weighted by Crippen LogP contribution is 2.41. The highest BCUT2D eigenvalue weighted by Gasteiger charge is 2.27. The summed E-state index contributed by atoms with van der Waals surface area (Å²) in [6.07, 6.45) is 7.31. The molecule has 0 radical (unpaired) electrons. The van der Waals surface area contributed by atoms with Crippen LogP contribution in [0.5, 0.6) is 11.5 Å². The lowest BCUT2D eigenvalue weighted by Crippen LogP contribution is -2.22. The zero-order valence-electron chi connectivity index (χ0n) is 30.6. The zero-order chi connectivity index (χ0) is 35.7. The predicted molar refractivity (Wildman–Crippen MR) is 216 cm³/mol. The predicted octanol–water partition coefficient (Wildman–Crippen LogP) is 11.8. The number of hydrogen-bond acceptors (Lipinski definition) is 4. The van der Waals surface area contributed by atoms with Crippen LogP contribution in [0.1, 0.15) is 125 Å². The van der Waals surface area contributed by atoms with Gasteiger partial charge in [0, 0.05) is 44.3 Å². The maximum absolute atomic E-state index is 11.5. The molecule has 1 aliphatic carbocycles. The number of aromatic hydroxyl groups is 2. The second-order valence-electron chi connectivity index (χ2n) is 15.5. The van der Waals surface area contributed by atoms with Crippen LogP contribution in [0.3, 0.4) is 0 Å². The Balaban J connectivity index is 1.39. The molecule has 0 amide bonds. The van der Waals surface area contributed by atoms with Crippen molar-refractivity contribution in [3.05, 3.63) is 129 Å². The lowest BCUT2D eigenvalue weighted by molar-refractivity contribution is 0.466. The molecule has 4 heteroatoms. The molecule has 4 aromatic rings. The monoisotopic (exact) mass is 700 g/mol. The number of phenols is 2. The number of benzene rings is 4. The molecule has 2 atom stereocenters. The van der Waals surface area contributed by atoms with Crippen LogP contribution < -0.4 is 0 Å². The molecule has 5 rings (SSSR count). The molecular formula is C46H52O2S2. The molecule has 260 valence electrons. The number of thioether (sulfide) groups is 2. The highest BCUT2D eigenvalue weighted by molar-refractivity contribution is 8.03. The first-order valence-corrected chi connectivity index (χ1v) is 20.1. The molecule has 1 fully saturated rings. The second kappa shape index (κ2) is 17.0. The van der Waals surface area contributed by atoms with Gasteiger partial charge in [-0.05, 0) is 71.2 Å². The highest BCUT2D eigenvalue weighted by atomic mass is 32.2. The summed E-state index contributed by atoms with van der Waals surface area (Å²) in [4.78, 5) is 0. The number of phenolic OH excluding ortho intramolecular Hbond substituents is 2. The van der Waals surface area contributed by atoms with Crippen molar-refractivity contribution in [2.45, 2.75) is 113 Å². The van der Waals surface area contributed by atoms with E-state index in [9.17, 15) is 10.2 Å². The molecule has 0 aromatic heterocycles. The summed E-state index contributed by atoms with van der Waals surface area (Å²) in [5.74, 6) is 15.2. The first-order valence-electron chi connectivity index (χ1n) is 18.0. The Bertz CT molecular complexity index is 1720. The van der Waals surface area contributed by atoms with Gasteiger partial charge in [0.15, 0.2) is 0 Å². The van der Waals surface area contributed by atoms with E-state index in [-0.39, 0.29) is 10.8 Å². The van der Waals surface area contributed by atoms with Gasteiger partial charge in [-0.3, -0.25) is 0 Å². The smallest absolute Gasteiger partial charge is 0.135 e. The maximum atomic E-state index is 11.5. The Morgan fingerprint density at radius 2 is 0.920 bits per heavy atom. The third-order valence-corrected chi connectivity index (χ3v) is 12.5. The average Bonchev–Trinajstić information content (AvgIpc) is 3.07. The van der Waals surface area contributed by atoms with Crippen molar-refractivity contribution < 1.29 is 10.2 Å². The Morgan fingerprint density at radius 1 is 0.540 bits per heavy atom. The molecule has 50 heavy (non-hydrogen) atoms. The Kier molecular flexibility index (Phi) is 12.8. The molecular weight excluding hydrogens is 649 g/mol. The van der Waals surface area contributed by atoms with E-state index in [1.165, 1.54) is 36.8 Å². The summed E-state index contributed by atoms with van der Waals surface area (Å²) in [7, 11) is 0. The van der Waals surface area contributed by atoms with Gasteiger partial charge in [-0.25, -0.2) is 0 Å². The topological polar surface area (TPSA) is 40.5 Å². The van der Waals surface area contributed by atoms with E-state index >= 15 is 0 Å². The Hall–Kier alpha value is -3.70. The minimum Gasteiger partial charge on any atom is -0.506 e. The standard InChI is InChI=1S/C46H52O2S2/c1-45(2,3)39-27-35(25-23-33-17-11-9-12-18-33)43(47)37(29-39)31-49-41-21-15-7-8-16-22-42(41)50-32-38-30-40(46(4,5)6)28-36(44(38)48)26-24-34-19-13-10-14-20-34/h9-14,17-20,27-30,41-42,47-48H,7-8,15-16,21-22,31-32H2,1-6H3/t41-,42-/m0/s1. The van der Waals surface area contributed by atoms with Crippen LogP contribution in [0.25, 0.3) is 0 Å². The normalized spacial score (nSPS) is 16.7.